The predicted octanol–water partition coefficient (Wildman–Crippen LogP) is 4.34. The Morgan fingerprint density at radius 2 is 1.71 bits per heavy atom. The molecule has 0 saturated heterocycles. The van der Waals surface area contributed by atoms with Crippen molar-refractivity contribution in [2.24, 2.45) is 11.8 Å². The van der Waals surface area contributed by atoms with Gasteiger partial charge in [0.2, 0.25) is 0 Å². The van der Waals surface area contributed by atoms with Gasteiger partial charge in [0.25, 0.3) is 0 Å². The number of benzene rings is 1. The summed E-state index contributed by atoms with van der Waals surface area (Å²) in [7, 11) is 0. The summed E-state index contributed by atoms with van der Waals surface area (Å²) in [6.07, 6.45) is 4.00. The van der Waals surface area contributed by atoms with Crippen LogP contribution in [-0.4, -0.2) is 18.3 Å². The van der Waals surface area contributed by atoms with Gasteiger partial charge >= 0.3 is 0 Å². The average molecular weight is 292 g/mol. The van der Waals surface area contributed by atoms with Crippen molar-refractivity contribution in [2.45, 2.75) is 52.6 Å². The Labute approximate surface area is 128 Å². The molecule has 0 spiro atoms. The Balaban J connectivity index is 2.14. The van der Waals surface area contributed by atoms with Crippen molar-refractivity contribution in [1.82, 2.24) is 0 Å². The molecule has 1 aliphatic carbocycles. The normalized spacial score (nSPS) is 17.3. The molecule has 1 aromatic carbocycles. The van der Waals surface area contributed by atoms with Crippen LogP contribution >= 0.6 is 0 Å². The van der Waals surface area contributed by atoms with E-state index < -0.39 is 6.10 Å². The molecular formula is C18H28O3. The number of aliphatic hydroxyl groups excluding tert-OH is 1. The summed E-state index contributed by atoms with van der Waals surface area (Å²) >= 11 is 0. The summed E-state index contributed by atoms with van der Waals surface area (Å²) < 4.78 is 11.5. The maximum absolute atomic E-state index is 10.5. The second-order valence-electron chi connectivity index (χ2n) is 6.04. The minimum Gasteiger partial charge on any atom is -0.490 e. The third-order valence-electron chi connectivity index (χ3n) is 4.10. The van der Waals surface area contributed by atoms with Gasteiger partial charge in [0.05, 0.1) is 19.3 Å². The van der Waals surface area contributed by atoms with Gasteiger partial charge in [-0.2, -0.15) is 0 Å². The highest BCUT2D eigenvalue weighted by Crippen LogP contribution is 2.43. The Bertz CT molecular complexity index is 440. The molecule has 21 heavy (non-hydrogen) atoms. The molecule has 0 aromatic heterocycles. The fraction of sp³-hybridized carbons (Fsp3) is 0.667. The Hall–Kier alpha value is -1.22. The van der Waals surface area contributed by atoms with E-state index in [9.17, 15) is 5.11 Å². The van der Waals surface area contributed by atoms with Crippen LogP contribution in [0.15, 0.2) is 18.2 Å². The maximum Gasteiger partial charge on any atom is 0.161 e. The monoisotopic (exact) mass is 292 g/mol. The van der Waals surface area contributed by atoms with Gasteiger partial charge in [0, 0.05) is 0 Å². The van der Waals surface area contributed by atoms with Crippen LogP contribution in [0.3, 0.4) is 0 Å². The maximum atomic E-state index is 10.5. The van der Waals surface area contributed by atoms with Crippen molar-refractivity contribution in [3.8, 4) is 11.5 Å². The summed E-state index contributed by atoms with van der Waals surface area (Å²) in [5, 5.41) is 10.5. The fourth-order valence-electron chi connectivity index (χ4n) is 2.55. The molecule has 2 atom stereocenters. The highest BCUT2D eigenvalue weighted by molar-refractivity contribution is 5.43. The topological polar surface area (TPSA) is 38.7 Å². The highest BCUT2D eigenvalue weighted by atomic mass is 16.5. The Morgan fingerprint density at radius 3 is 2.29 bits per heavy atom. The lowest BCUT2D eigenvalue weighted by Gasteiger charge is -2.20. The second kappa shape index (κ2) is 7.69. The van der Waals surface area contributed by atoms with Gasteiger partial charge in [0.15, 0.2) is 11.5 Å². The van der Waals surface area contributed by atoms with Crippen molar-refractivity contribution in [1.29, 1.82) is 0 Å². The molecule has 118 valence electrons. The second-order valence-corrected chi connectivity index (χ2v) is 6.04. The molecule has 3 heteroatoms. The van der Waals surface area contributed by atoms with Crippen molar-refractivity contribution in [2.75, 3.05) is 13.2 Å². The third kappa shape index (κ3) is 4.37. The summed E-state index contributed by atoms with van der Waals surface area (Å²) in [5.41, 5.74) is 0.935. The standard InChI is InChI=1S/C18H28O3/c1-4-10-20-16-9-8-15(12-17(16)21-11-5-2)18(19)13(3)14-6-7-14/h8-9,12-14,18-19H,4-7,10-11H2,1-3H3. The van der Waals surface area contributed by atoms with E-state index in [1.165, 1.54) is 12.8 Å². The number of rotatable bonds is 9. The first-order valence-corrected chi connectivity index (χ1v) is 8.25. The van der Waals surface area contributed by atoms with Gasteiger partial charge < -0.3 is 14.6 Å². The van der Waals surface area contributed by atoms with E-state index in [4.69, 9.17) is 9.47 Å². The Morgan fingerprint density at radius 1 is 1.10 bits per heavy atom. The largest absolute Gasteiger partial charge is 0.490 e. The molecule has 0 bridgehead atoms. The van der Waals surface area contributed by atoms with Crippen LogP contribution in [0, 0.1) is 11.8 Å². The molecule has 1 aromatic rings. The molecule has 3 nitrogen and oxygen atoms in total. The quantitative estimate of drug-likeness (QED) is 0.735. The van der Waals surface area contributed by atoms with E-state index in [2.05, 4.69) is 20.8 Å². The van der Waals surface area contributed by atoms with Crippen LogP contribution in [0.4, 0.5) is 0 Å². The first-order chi connectivity index (χ1) is 10.2. The summed E-state index contributed by atoms with van der Waals surface area (Å²) in [6.45, 7) is 7.65. The molecule has 0 heterocycles. The van der Waals surface area contributed by atoms with Crippen molar-refractivity contribution in [3.63, 3.8) is 0 Å². The lowest BCUT2D eigenvalue weighted by molar-refractivity contribution is 0.105. The van der Waals surface area contributed by atoms with Crippen LogP contribution < -0.4 is 9.47 Å². The molecule has 1 fully saturated rings. The molecular weight excluding hydrogens is 264 g/mol. The summed E-state index contributed by atoms with van der Waals surface area (Å²) in [5.74, 6) is 2.52. The fourth-order valence-corrected chi connectivity index (χ4v) is 2.55. The van der Waals surface area contributed by atoms with Crippen LogP contribution in [0.5, 0.6) is 11.5 Å². The van der Waals surface area contributed by atoms with Gasteiger partial charge in [-0.1, -0.05) is 26.8 Å². The van der Waals surface area contributed by atoms with Crippen LogP contribution in [0.25, 0.3) is 0 Å². The molecule has 0 amide bonds. The molecule has 1 aliphatic rings. The third-order valence-corrected chi connectivity index (χ3v) is 4.10. The molecule has 0 aliphatic heterocycles. The predicted molar refractivity (Wildman–Crippen MR) is 84.9 cm³/mol. The Kier molecular flexibility index (Phi) is 5.92. The lowest BCUT2D eigenvalue weighted by Crippen LogP contribution is -2.11. The van der Waals surface area contributed by atoms with Gasteiger partial charge in [-0.05, 0) is 55.2 Å². The number of hydrogen-bond donors (Lipinski definition) is 1. The van der Waals surface area contributed by atoms with Crippen molar-refractivity contribution >= 4 is 0 Å². The van der Waals surface area contributed by atoms with E-state index in [1.54, 1.807) is 0 Å². The van der Waals surface area contributed by atoms with Gasteiger partial charge in [-0.25, -0.2) is 0 Å². The smallest absolute Gasteiger partial charge is 0.161 e. The number of aliphatic hydroxyl groups is 1. The van der Waals surface area contributed by atoms with E-state index >= 15 is 0 Å². The zero-order chi connectivity index (χ0) is 15.2. The van der Waals surface area contributed by atoms with E-state index in [-0.39, 0.29) is 0 Å². The van der Waals surface area contributed by atoms with Crippen LogP contribution in [-0.2, 0) is 0 Å². The average Bonchev–Trinajstić information content (AvgIpc) is 3.34. The molecule has 2 rings (SSSR count). The highest BCUT2D eigenvalue weighted by Gasteiger charge is 2.33. The molecule has 1 N–H and O–H groups in total. The van der Waals surface area contributed by atoms with E-state index in [0.717, 1.165) is 29.9 Å². The number of ether oxygens (including phenoxy) is 2. The SMILES string of the molecule is CCCOc1ccc(C(O)C(C)C2CC2)cc1OCCC. The van der Waals surface area contributed by atoms with Crippen molar-refractivity contribution < 1.29 is 14.6 Å². The minimum atomic E-state index is -0.415. The first-order valence-electron chi connectivity index (χ1n) is 8.25. The number of hydrogen-bond acceptors (Lipinski definition) is 3. The van der Waals surface area contributed by atoms with Crippen molar-refractivity contribution in [3.05, 3.63) is 23.8 Å². The minimum absolute atomic E-state index is 0.312. The summed E-state index contributed by atoms with van der Waals surface area (Å²) in [4.78, 5) is 0. The first kappa shape index (κ1) is 16.2. The van der Waals surface area contributed by atoms with Gasteiger partial charge in [-0.3, -0.25) is 0 Å². The van der Waals surface area contributed by atoms with Gasteiger partial charge in [-0.15, -0.1) is 0 Å². The van der Waals surface area contributed by atoms with E-state index in [0.29, 0.717) is 25.0 Å². The summed E-state index contributed by atoms with van der Waals surface area (Å²) in [6, 6.07) is 5.84. The lowest BCUT2D eigenvalue weighted by atomic mass is 9.93. The van der Waals surface area contributed by atoms with Crippen LogP contribution in [0.1, 0.15) is 58.1 Å². The van der Waals surface area contributed by atoms with Gasteiger partial charge in [0.1, 0.15) is 0 Å². The molecule has 1 saturated carbocycles. The molecule has 0 radical (unpaired) electrons. The zero-order valence-corrected chi connectivity index (χ0v) is 13.5. The van der Waals surface area contributed by atoms with E-state index in [1.807, 2.05) is 18.2 Å². The zero-order valence-electron chi connectivity index (χ0n) is 13.5. The molecule has 2 unspecified atom stereocenters. The van der Waals surface area contributed by atoms with Crippen LogP contribution in [0.2, 0.25) is 0 Å².